The summed E-state index contributed by atoms with van der Waals surface area (Å²) in [6.45, 7) is 0.821. The second-order valence-electron chi connectivity index (χ2n) is 10.3. The standard InChI is InChI=1S/C29H35N3O6S/c1-3-20-18-31(19-27(20)32-26-10-5-4-9-24(26)25(30-32)17-29(33)34)39(35,36)23-13-11-22(12-14-23)38-16-15-28(37-2)21-7-6-8-21/h1,4-5,9-14,20-21,27-29,33-34H,6-8,15-19H2,2H3/t20-,27+,28?/m1/s1. The highest BCUT2D eigenvalue weighted by Crippen LogP contribution is 2.35. The molecule has 0 bridgehead atoms. The molecule has 3 atom stereocenters. The van der Waals surface area contributed by atoms with Gasteiger partial charge in [0.2, 0.25) is 10.0 Å². The minimum absolute atomic E-state index is 0.0376. The predicted molar refractivity (Wildman–Crippen MR) is 146 cm³/mol. The third-order valence-electron chi connectivity index (χ3n) is 7.96. The zero-order valence-electron chi connectivity index (χ0n) is 22.0. The van der Waals surface area contributed by atoms with Gasteiger partial charge in [-0.05, 0) is 49.1 Å². The van der Waals surface area contributed by atoms with E-state index in [-0.39, 0.29) is 30.5 Å². The molecule has 0 amide bonds. The number of aliphatic hydroxyl groups is 2. The van der Waals surface area contributed by atoms with Crippen molar-refractivity contribution in [3.05, 3.63) is 54.2 Å². The number of methoxy groups -OCH3 is 1. The maximum atomic E-state index is 13.6. The Labute approximate surface area is 229 Å². The fourth-order valence-corrected chi connectivity index (χ4v) is 7.08. The van der Waals surface area contributed by atoms with Gasteiger partial charge in [-0.15, -0.1) is 6.42 Å². The van der Waals surface area contributed by atoms with Gasteiger partial charge < -0.3 is 19.7 Å². The first kappa shape index (κ1) is 27.6. The van der Waals surface area contributed by atoms with E-state index in [9.17, 15) is 18.6 Å². The molecule has 2 aliphatic rings. The molecular formula is C29H35N3O6S. The lowest BCUT2D eigenvalue weighted by atomic mass is 9.80. The van der Waals surface area contributed by atoms with Crippen LogP contribution in [-0.4, -0.2) is 71.9 Å². The Morgan fingerprint density at radius 3 is 2.51 bits per heavy atom. The number of fused-ring (bicyclic) bond motifs is 1. The number of sulfonamides is 1. The summed E-state index contributed by atoms with van der Waals surface area (Å²) in [5, 5.41) is 24.5. The van der Waals surface area contributed by atoms with Crippen molar-refractivity contribution in [1.29, 1.82) is 0 Å². The molecule has 2 aromatic carbocycles. The van der Waals surface area contributed by atoms with Gasteiger partial charge in [-0.2, -0.15) is 9.40 Å². The molecule has 39 heavy (non-hydrogen) atoms. The molecule has 10 heteroatoms. The minimum Gasteiger partial charge on any atom is -0.493 e. The van der Waals surface area contributed by atoms with Crippen molar-refractivity contribution in [2.45, 2.75) is 55.4 Å². The maximum absolute atomic E-state index is 13.6. The number of ether oxygens (including phenoxy) is 2. The molecule has 0 radical (unpaired) electrons. The molecule has 9 nitrogen and oxygen atoms in total. The van der Waals surface area contributed by atoms with E-state index in [4.69, 9.17) is 15.9 Å². The fraction of sp³-hybridized carbons (Fsp3) is 0.483. The monoisotopic (exact) mass is 553 g/mol. The van der Waals surface area contributed by atoms with Gasteiger partial charge in [0.1, 0.15) is 5.75 Å². The van der Waals surface area contributed by atoms with Crippen LogP contribution in [0.25, 0.3) is 10.9 Å². The molecule has 1 aromatic heterocycles. The number of aliphatic hydroxyl groups excluding tert-OH is 1. The summed E-state index contributed by atoms with van der Waals surface area (Å²) in [5.74, 6) is 3.56. The summed E-state index contributed by atoms with van der Waals surface area (Å²) in [5.41, 5.74) is 1.30. The first-order chi connectivity index (χ1) is 18.8. The smallest absolute Gasteiger partial charge is 0.243 e. The first-order valence-electron chi connectivity index (χ1n) is 13.4. The molecule has 3 aromatic rings. The zero-order chi connectivity index (χ0) is 27.6. The van der Waals surface area contributed by atoms with Crippen molar-refractivity contribution in [1.82, 2.24) is 14.1 Å². The number of terminal acetylenes is 1. The van der Waals surface area contributed by atoms with Crippen LogP contribution in [0.3, 0.4) is 0 Å². The molecule has 1 saturated carbocycles. The molecule has 2 N–H and O–H groups in total. The Balaban J connectivity index is 1.29. The van der Waals surface area contributed by atoms with Gasteiger partial charge >= 0.3 is 0 Å². The van der Waals surface area contributed by atoms with E-state index >= 15 is 0 Å². The highest BCUT2D eigenvalue weighted by molar-refractivity contribution is 7.89. The fourth-order valence-electron chi connectivity index (χ4n) is 5.60. The summed E-state index contributed by atoms with van der Waals surface area (Å²) < 4.78 is 41.7. The van der Waals surface area contributed by atoms with E-state index in [2.05, 4.69) is 11.0 Å². The second-order valence-corrected chi connectivity index (χ2v) is 12.3. The van der Waals surface area contributed by atoms with Crippen LogP contribution in [0, 0.1) is 24.2 Å². The van der Waals surface area contributed by atoms with Crippen LogP contribution in [0.1, 0.15) is 37.4 Å². The van der Waals surface area contributed by atoms with E-state index < -0.39 is 28.3 Å². The van der Waals surface area contributed by atoms with Crippen molar-refractivity contribution >= 4 is 20.9 Å². The number of para-hydroxylation sites is 1. The first-order valence-corrected chi connectivity index (χ1v) is 14.8. The van der Waals surface area contributed by atoms with E-state index in [0.717, 1.165) is 17.3 Å². The Hall–Kier alpha value is -2.94. The Morgan fingerprint density at radius 1 is 1.13 bits per heavy atom. The normalized spacial score (nSPS) is 21.2. The summed E-state index contributed by atoms with van der Waals surface area (Å²) in [6, 6.07) is 13.5. The topological polar surface area (TPSA) is 114 Å². The van der Waals surface area contributed by atoms with Gasteiger partial charge in [0.15, 0.2) is 6.29 Å². The van der Waals surface area contributed by atoms with Crippen molar-refractivity contribution in [2.75, 3.05) is 26.8 Å². The van der Waals surface area contributed by atoms with Crippen LogP contribution >= 0.6 is 0 Å². The lowest BCUT2D eigenvalue weighted by molar-refractivity contribution is -0.0387. The van der Waals surface area contributed by atoms with Crippen LogP contribution in [-0.2, 0) is 21.2 Å². The summed E-state index contributed by atoms with van der Waals surface area (Å²) in [4.78, 5) is 0.171. The molecule has 208 valence electrons. The molecule has 5 rings (SSSR count). The van der Waals surface area contributed by atoms with Crippen molar-refractivity contribution < 1.29 is 28.1 Å². The van der Waals surface area contributed by atoms with Gasteiger partial charge in [-0.1, -0.05) is 30.5 Å². The molecule has 0 spiro atoms. The average molecular weight is 554 g/mol. The molecular weight excluding hydrogens is 518 g/mol. The lowest BCUT2D eigenvalue weighted by Gasteiger charge is -2.32. The molecule has 2 heterocycles. The Morgan fingerprint density at radius 2 is 1.87 bits per heavy atom. The van der Waals surface area contributed by atoms with Crippen LogP contribution in [0.15, 0.2) is 53.4 Å². The Kier molecular flexibility index (Phi) is 8.26. The van der Waals surface area contributed by atoms with Crippen molar-refractivity contribution in [3.63, 3.8) is 0 Å². The van der Waals surface area contributed by atoms with Gasteiger partial charge in [0.05, 0.1) is 40.8 Å². The number of aromatic nitrogens is 2. The summed E-state index contributed by atoms with van der Waals surface area (Å²) in [6.07, 6.45) is 8.92. The molecule has 1 saturated heterocycles. The van der Waals surface area contributed by atoms with E-state index in [1.54, 1.807) is 36.1 Å². The minimum atomic E-state index is -3.81. The number of hydrogen-bond donors (Lipinski definition) is 2. The van der Waals surface area contributed by atoms with Crippen molar-refractivity contribution in [2.24, 2.45) is 11.8 Å². The highest BCUT2D eigenvalue weighted by atomic mass is 32.2. The van der Waals surface area contributed by atoms with Gasteiger partial charge in [-0.3, -0.25) is 4.68 Å². The third kappa shape index (κ3) is 5.69. The third-order valence-corrected chi connectivity index (χ3v) is 9.81. The van der Waals surface area contributed by atoms with Crippen LogP contribution in [0.2, 0.25) is 0 Å². The van der Waals surface area contributed by atoms with E-state index in [1.807, 2.05) is 24.3 Å². The molecule has 1 aliphatic carbocycles. The SMILES string of the molecule is C#C[C@@H]1CN(S(=O)(=O)c2ccc(OCCC(OC)C3CCC3)cc2)C[C@@H]1n1nc(CC(O)O)c2ccccc21. The number of rotatable bonds is 11. The molecule has 1 aliphatic heterocycles. The maximum Gasteiger partial charge on any atom is 0.243 e. The van der Waals surface area contributed by atoms with Crippen LogP contribution in [0.4, 0.5) is 0 Å². The molecule has 1 unspecified atom stereocenters. The quantitative estimate of drug-likeness (QED) is 0.277. The highest BCUT2D eigenvalue weighted by Gasteiger charge is 2.41. The van der Waals surface area contributed by atoms with Crippen LogP contribution in [0.5, 0.6) is 5.75 Å². The summed E-state index contributed by atoms with van der Waals surface area (Å²) in [7, 11) is -2.07. The van der Waals surface area contributed by atoms with Gasteiger partial charge in [-0.25, -0.2) is 8.42 Å². The Bertz CT molecular complexity index is 1430. The number of benzene rings is 2. The van der Waals surface area contributed by atoms with Gasteiger partial charge in [0.25, 0.3) is 0 Å². The van der Waals surface area contributed by atoms with Gasteiger partial charge in [0, 0.05) is 38.4 Å². The van der Waals surface area contributed by atoms with Crippen LogP contribution < -0.4 is 4.74 Å². The van der Waals surface area contributed by atoms with E-state index in [1.165, 1.54) is 23.6 Å². The average Bonchev–Trinajstić information content (AvgIpc) is 3.49. The molecule has 2 fully saturated rings. The summed E-state index contributed by atoms with van der Waals surface area (Å²) >= 11 is 0. The lowest BCUT2D eigenvalue weighted by Crippen LogP contribution is -2.30. The largest absolute Gasteiger partial charge is 0.493 e. The predicted octanol–water partition coefficient (Wildman–Crippen LogP) is 2.97. The number of nitrogens with zero attached hydrogens (tertiary/aromatic N) is 3. The van der Waals surface area contributed by atoms with Crippen molar-refractivity contribution in [3.8, 4) is 18.1 Å². The number of hydrogen-bond acceptors (Lipinski definition) is 7. The zero-order valence-corrected chi connectivity index (χ0v) is 22.8. The second kappa shape index (κ2) is 11.7. The van der Waals surface area contributed by atoms with E-state index in [0.29, 0.717) is 24.0 Å².